The van der Waals surface area contributed by atoms with Gasteiger partial charge >= 0.3 is 0 Å². The summed E-state index contributed by atoms with van der Waals surface area (Å²) in [5.41, 5.74) is 0. The van der Waals surface area contributed by atoms with Gasteiger partial charge in [0.2, 0.25) is 0 Å². The Bertz CT molecular complexity index is 326. The summed E-state index contributed by atoms with van der Waals surface area (Å²) in [5.74, 6) is 0. The van der Waals surface area contributed by atoms with Crippen LogP contribution in [0.2, 0.25) is 0 Å². The molecule has 0 aliphatic carbocycles. The second-order valence-electron chi connectivity index (χ2n) is 4.87. The van der Waals surface area contributed by atoms with E-state index in [-0.39, 0.29) is 0 Å². The molecule has 1 saturated heterocycles. The summed E-state index contributed by atoms with van der Waals surface area (Å²) in [4.78, 5) is 3.70. The van der Waals surface area contributed by atoms with Crippen LogP contribution in [0.5, 0.6) is 0 Å². The van der Waals surface area contributed by atoms with E-state index in [1.807, 2.05) is 11.3 Å². The third-order valence-corrected chi connectivity index (χ3v) is 4.42. The molecule has 0 saturated carbocycles. The first-order valence-electron chi connectivity index (χ1n) is 6.23. The van der Waals surface area contributed by atoms with Crippen molar-refractivity contribution in [3.05, 3.63) is 22.4 Å². The molecule has 1 aliphatic heterocycles. The van der Waals surface area contributed by atoms with Crippen LogP contribution in [0.25, 0.3) is 0 Å². The number of hydrogen-bond acceptors (Lipinski definition) is 4. The first-order valence-corrected chi connectivity index (χ1v) is 7.11. The van der Waals surface area contributed by atoms with Crippen molar-refractivity contribution in [2.24, 2.45) is 0 Å². The molecule has 0 amide bonds. The molecular formula is C13H22N2OS. The van der Waals surface area contributed by atoms with Crippen molar-refractivity contribution in [3.63, 3.8) is 0 Å². The van der Waals surface area contributed by atoms with Crippen molar-refractivity contribution in [3.8, 4) is 0 Å². The van der Waals surface area contributed by atoms with Gasteiger partial charge in [0.15, 0.2) is 0 Å². The van der Waals surface area contributed by atoms with Crippen molar-refractivity contribution in [2.75, 3.05) is 27.2 Å². The van der Waals surface area contributed by atoms with Gasteiger partial charge in [0.05, 0.1) is 12.1 Å². The van der Waals surface area contributed by atoms with Crippen LogP contribution in [-0.2, 0) is 4.74 Å². The molecular weight excluding hydrogens is 232 g/mol. The molecule has 1 aliphatic rings. The van der Waals surface area contributed by atoms with Gasteiger partial charge in [-0.25, -0.2) is 0 Å². The topological polar surface area (TPSA) is 24.5 Å². The standard InChI is InChI=1S/C13H22N2OS/c1-10-11(6-7-16-10)14-9-12(15(2)3)13-5-4-8-17-13/h4-5,8,10-12,14H,6-7,9H2,1-3H3. The average Bonchev–Trinajstić information content (AvgIpc) is 2.91. The number of ether oxygens (including phenoxy) is 1. The molecule has 0 radical (unpaired) electrons. The Morgan fingerprint density at radius 2 is 2.41 bits per heavy atom. The zero-order valence-corrected chi connectivity index (χ0v) is 11.7. The van der Waals surface area contributed by atoms with Crippen molar-refractivity contribution in [1.82, 2.24) is 10.2 Å². The Balaban J connectivity index is 1.90. The van der Waals surface area contributed by atoms with Gasteiger partial charge in [-0.2, -0.15) is 0 Å². The maximum absolute atomic E-state index is 5.58. The highest BCUT2D eigenvalue weighted by molar-refractivity contribution is 7.10. The van der Waals surface area contributed by atoms with Gasteiger partial charge in [-0.15, -0.1) is 11.3 Å². The highest BCUT2D eigenvalue weighted by Gasteiger charge is 2.25. The van der Waals surface area contributed by atoms with Crippen LogP contribution < -0.4 is 5.32 Å². The predicted octanol–water partition coefficient (Wildman–Crippen LogP) is 2.12. The minimum absolute atomic E-state index is 0.348. The van der Waals surface area contributed by atoms with Crippen LogP contribution in [0.3, 0.4) is 0 Å². The van der Waals surface area contributed by atoms with Gasteiger partial charge in [0.1, 0.15) is 0 Å². The quantitative estimate of drug-likeness (QED) is 0.871. The van der Waals surface area contributed by atoms with Gasteiger partial charge in [-0.05, 0) is 38.9 Å². The molecule has 0 aromatic carbocycles. The summed E-state index contributed by atoms with van der Waals surface area (Å²) in [6.45, 7) is 4.04. The smallest absolute Gasteiger partial charge is 0.0700 e. The molecule has 0 spiro atoms. The molecule has 1 aromatic rings. The van der Waals surface area contributed by atoms with E-state index in [4.69, 9.17) is 4.74 Å². The summed E-state index contributed by atoms with van der Waals surface area (Å²) < 4.78 is 5.58. The van der Waals surface area contributed by atoms with E-state index in [9.17, 15) is 0 Å². The third-order valence-electron chi connectivity index (χ3n) is 3.44. The van der Waals surface area contributed by atoms with Crippen molar-refractivity contribution < 1.29 is 4.74 Å². The van der Waals surface area contributed by atoms with Crippen LogP contribution in [0.4, 0.5) is 0 Å². The monoisotopic (exact) mass is 254 g/mol. The largest absolute Gasteiger partial charge is 0.377 e. The highest BCUT2D eigenvalue weighted by atomic mass is 32.1. The second kappa shape index (κ2) is 5.96. The third kappa shape index (κ3) is 3.28. The number of hydrogen-bond donors (Lipinski definition) is 1. The molecule has 3 atom stereocenters. The molecule has 1 aromatic heterocycles. The highest BCUT2D eigenvalue weighted by Crippen LogP contribution is 2.23. The van der Waals surface area contributed by atoms with Crippen LogP contribution in [0.1, 0.15) is 24.3 Å². The summed E-state index contributed by atoms with van der Waals surface area (Å²) >= 11 is 1.83. The Morgan fingerprint density at radius 3 is 2.94 bits per heavy atom. The predicted molar refractivity (Wildman–Crippen MR) is 72.6 cm³/mol. The Labute approximate surface area is 108 Å². The van der Waals surface area contributed by atoms with Gasteiger partial charge in [0.25, 0.3) is 0 Å². The minimum atomic E-state index is 0.348. The van der Waals surface area contributed by atoms with E-state index in [1.165, 1.54) is 4.88 Å². The average molecular weight is 254 g/mol. The summed E-state index contributed by atoms with van der Waals surface area (Å²) in [7, 11) is 4.28. The maximum Gasteiger partial charge on any atom is 0.0700 e. The van der Waals surface area contributed by atoms with Crippen LogP contribution in [-0.4, -0.2) is 44.3 Å². The summed E-state index contributed by atoms with van der Waals surface area (Å²) in [6.07, 6.45) is 1.48. The van der Waals surface area contributed by atoms with E-state index < -0.39 is 0 Å². The van der Waals surface area contributed by atoms with Crippen molar-refractivity contribution in [2.45, 2.75) is 31.5 Å². The summed E-state index contributed by atoms with van der Waals surface area (Å²) in [5, 5.41) is 5.79. The normalized spacial score (nSPS) is 26.6. The Morgan fingerprint density at radius 1 is 1.59 bits per heavy atom. The van der Waals surface area contributed by atoms with Crippen LogP contribution in [0, 0.1) is 0 Å². The molecule has 1 N–H and O–H groups in total. The first kappa shape index (κ1) is 13.0. The molecule has 3 unspecified atom stereocenters. The number of rotatable bonds is 5. The molecule has 3 nitrogen and oxygen atoms in total. The molecule has 2 rings (SSSR count). The van der Waals surface area contributed by atoms with E-state index >= 15 is 0 Å². The molecule has 0 bridgehead atoms. The van der Waals surface area contributed by atoms with Crippen molar-refractivity contribution in [1.29, 1.82) is 0 Å². The van der Waals surface area contributed by atoms with Crippen LogP contribution >= 0.6 is 11.3 Å². The fourth-order valence-electron chi connectivity index (χ4n) is 2.28. The Hall–Kier alpha value is -0.420. The molecule has 4 heteroatoms. The minimum Gasteiger partial charge on any atom is -0.377 e. The van der Waals surface area contributed by atoms with Gasteiger partial charge in [0, 0.05) is 24.1 Å². The molecule has 96 valence electrons. The maximum atomic E-state index is 5.58. The van der Waals surface area contributed by atoms with Crippen molar-refractivity contribution >= 4 is 11.3 Å². The van der Waals surface area contributed by atoms with E-state index in [0.29, 0.717) is 18.2 Å². The zero-order valence-electron chi connectivity index (χ0n) is 10.8. The van der Waals surface area contributed by atoms with Gasteiger partial charge in [-0.3, -0.25) is 0 Å². The first-order chi connectivity index (χ1) is 8.18. The zero-order chi connectivity index (χ0) is 12.3. The molecule has 2 heterocycles. The summed E-state index contributed by atoms with van der Waals surface area (Å²) in [6, 6.07) is 5.31. The van der Waals surface area contributed by atoms with E-state index in [0.717, 1.165) is 19.6 Å². The number of likely N-dealkylation sites (N-methyl/N-ethyl adjacent to an activating group) is 1. The number of nitrogens with one attached hydrogen (secondary N) is 1. The number of thiophene rings is 1. The second-order valence-corrected chi connectivity index (χ2v) is 5.85. The Kier molecular flexibility index (Phi) is 4.56. The lowest BCUT2D eigenvalue weighted by Crippen LogP contribution is -2.40. The van der Waals surface area contributed by atoms with E-state index in [2.05, 4.69) is 48.7 Å². The van der Waals surface area contributed by atoms with Gasteiger partial charge < -0.3 is 15.0 Å². The SMILES string of the molecule is CC1OCCC1NCC(c1cccs1)N(C)C. The van der Waals surface area contributed by atoms with Crippen LogP contribution in [0.15, 0.2) is 17.5 Å². The fraction of sp³-hybridized carbons (Fsp3) is 0.692. The van der Waals surface area contributed by atoms with E-state index in [1.54, 1.807) is 0 Å². The lowest BCUT2D eigenvalue weighted by Gasteiger charge is -2.26. The van der Waals surface area contributed by atoms with Gasteiger partial charge in [-0.1, -0.05) is 6.07 Å². The lowest BCUT2D eigenvalue weighted by atomic mass is 10.1. The lowest BCUT2D eigenvalue weighted by molar-refractivity contribution is 0.111. The molecule has 17 heavy (non-hydrogen) atoms. The molecule has 1 fully saturated rings. The fourth-order valence-corrected chi connectivity index (χ4v) is 3.20. The number of nitrogens with zero attached hydrogens (tertiary/aromatic N) is 1.